The van der Waals surface area contributed by atoms with Crippen LogP contribution in [0, 0.1) is 13.8 Å². The van der Waals surface area contributed by atoms with Crippen LogP contribution >= 0.6 is 0 Å². The minimum absolute atomic E-state index is 0.112. The summed E-state index contributed by atoms with van der Waals surface area (Å²) >= 11 is 0. The molecule has 1 fully saturated rings. The molecule has 1 saturated heterocycles. The number of fused-ring (bicyclic) bond motifs is 1. The molecular weight excluding hydrogens is 314 g/mol. The number of aromatic nitrogens is 6. The molecule has 3 aromatic rings. The van der Waals surface area contributed by atoms with Crippen LogP contribution in [0.3, 0.4) is 0 Å². The molecule has 0 saturated carbocycles. The van der Waals surface area contributed by atoms with Crippen LogP contribution in [0.2, 0.25) is 0 Å². The molecule has 4 rings (SSSR count). The maximum atomic E-state index is 4.40. The summed E-state index contributed by atoms with van der Waals surface area (Å²) in [6.45, 7) is 12.3. The maximum Gasteiger partial charge on any atom is 0.114 e. The standard InChI is InChI=1S/C16H21N7.C2H6/c1-10-6-22(15-5-11(2)17-19-16(10)15)12(3)14-9-23(20-18-14)13-7-21(4)8-13;1-2/h5-6,9,12-13H,7-8H2,1-4H3;1-2H3. The van der Waals surface area contributed by atoms with Crippen LogP contribution in [-0.4, -0.2) is 54.8 Å². The molecule has 7 heteroatoms. The van der Waals surface area contributed by atoms with Crippen molar-refractivity contribution in [2.45, 2.75) is 46.7 Å². The number of likely N-dealkylation sites (tertiary alicyclic amines) is 1. The third kappa shape index (κ3) is 3.16. The molecule has 134 valence electrons. The largest absolute Gasteiger partial charge is 0.337 e. The van der Waals surface area contributed by atoms with E-state index in [0.717, 1.165) is 41.1 Å². The highest BCUT2D eigenvalue weighted by molar-refractivity contribution is 5.79. The van der Waals surface area contributed by atoms with Gasteiger partial charge in [0.1, 0.15) is 11.2 Å². The summed E-state index contributed by atoms with van der Waals surface area (Å²) in [4.78, 5) is 2.28. The van der Waals surface area contributed by atoms with Crippen molar-refractivity contribution in [2.75, 3.05) is 20.1 Å². The van der Waals surface area contributed by atoms with Gasteiger partial charge in [0.05, 0.1) is 29.5 Å². The smallest absolute Gasteiger partial charge is 0.114 e. The van der Waals surface area contributed by atoms with E-state index in [1.54, 1.807) is 0 Å². The fourth-order valence-electron chi connectivity index (χ4n) is 3.25. The predicted octanol–water partition coefficient (Wildman–Crippen LogP) is 2.76. The van der Waals surface area contributed by atoms with E-state index < -0.39 is 0 Å². The first-order valence-corrected chi connectivity index (χ1v) is 8.94. The Bertz CT molecular complexity index is 858. The van der Waals surface area contributed by atoms with Crippen molar-refractivity contribution >= 4 is 11.0 Å². The molecule has 4 heterocycles. The number of hydrogen-bond acceptors (Lipinski definition) is 5. The van der Waals surface area contributed by atoms with E-state index >= 15 is 0 Å². The van der Waals surface area contributed by atoms with Crippen molar-refractivity contribution in [2.24, 2.45) is 0 Å². The molecule has 1 atom stereocenters. The average Bonchev–Trinajstić information content (AvgIpc) is 3.18. The molecule has 0 aliphatic carbocycles. The summed E-state index contributed by atoms with van der Waals surface area (Å²) < 4.78 is 4.21. The molecule has 0 aromatic carbocycles. The summed E-state index contributed by atoms with van der Waals surface area (Å²) in [5.41, 5.74) is 5.08. The summed E-state index contributed by atoms with van der Waals surface area (Å²) in [6, 6.07) is 2.64. The fraction of sp³-hybridized carbons (Fsp3) is 0.556. The second-order valence-electron chi connectivity index (χ2n) is 6.61. The van der Waals surface area contributed by atoms with Gasteiger partial charge in [0.25, 0.3) is 0 Å². The summed E-state index contributed by atoms with van der Waals surface area (Å²) in [7, 11) is 2.12. The predicted molar refractivity (Wildman–Crippen MR) is 98.7 cm³/mol. The Balaban J connectivity index is 0.000000880. The zero-order chi connectivity index (χ0) is 18.1. The molecule has 1 aliphatic heterocycles. The van der Waals surface area contributed by atoms with Gasteiger partial charge in [-0.25, -0.2) is 4.68 Å². The quantitative estimate of drug-likeness (QED) is 0.733. The normalized spacial score (nSPS) is 16.4. The van der Waals surface area contributed by atoms with Crippen molar-refractivity contribution in [3.8, 4) is 0 Å². The van der Waals surface area contributed by atoms with Crippen molar-refractivity contribution < 1.29 is 0 Å². The molecule has 0 radical (unpaired) electrons. The molecule has 1 aliphatic rings. The topological polar surface area (TPSA) is 64.7 Å². The first-order chi connectivity index (χ1) is 12.0. The monoisotopic (exact) mass is 341 g/mol. The molecule has 3 aromatic heterocycles. The van der Waals surface area contributed by atoms with Crippen LogP contribution in [0.1, 0.15) is 49.8 Å². The van der Waals surface area contributed by atoms with Gasteiger partial charge in [-0.2, -0.15) is 5.10 Å². The summed E-state index contributed by atoms with van der Waals surface area (Å²) in [5.74, 6) is 0. The first kappa shape index (κ1) is 17.5. The van der Waals surface area contributed by atoms with Gasteiger partial charge < -0.3 is 9.47 Å². The van der Waals surface area contributed by atoms with Gasteiger partial charge in [0.15, 0.2) is 0 Å². The third-order valence-corrected chi connectivity index (χ3v) is 4.67. The third-order valence-electron chi connectivity index (χ3n) is 4.67. The van der Waals surface area contributed by atoms with Gasteiger partial charge >= 0.3 is 0 Å². The van der Waals surface area contributed by atoms with Crippen molar-refractivity contribution in [3.63, 3.8) is 0 Å². The van der Waals surface area contributed by atoms with E-state index in [4.69, 9.17) is 0 Å². The van der Waals surface area contributed by atoms with Crippen LogP contribution < -0.4 is 0 Å². The molecule has 0 spiro atoms. The van der Waals surface area contributed by atoms with Crippen LogP contribution in [0.15, 0.2) is 18.5 Å². The fourth-order valence-corrected chi connectivity index (χ4v) is 3.25. The Morgan fingerprint density at radius 3 is 2.48 bits per heavy atom. The molecule has 0 bridgehead atoms. The van der Waals surface area contributed by atoms with Crippen LogP contribution in [0.5, 0.6) is 0 Å². The lowest BCUT2D eigenvalue weighted by molar-refractivity contribution is 0.129. The van der Waals surface area contributed by atoms with E-state index in [2.05, 4.69) is 69.3 Å². The number of rotatable bonds is 3. The average molecular weight is 341 g/mol. The zero-order valence-electron chi connectivity index (χ0n) is 15.9. The van der Waals surface area contributed by atoms with E-state index in [1.807, 2.05) is 25.5 Å². The van der Waals surface area contributed by atoms with E-state index in [-0.39, 0.29) is 6.04 Å². The lowest BCUT2D eigenvalue weighted by Gasteiger charge is -2.35. The number of likely N-dealkylation sites (N-methyl/N-ethyl adjacent to an activating group) is 1. The Morgan fingerprint density at radius 2 is 1.80 bits per heavy atom. The molecule has 25 heavy (non-hydrogen) atoms. The SMILES string of the molecule is CC.Cc1cc2c(nn1)c(C)cn2C(C)c1cn(C2CN(C)C2)nn1. The summed E-state index contributed by atoms with van der Waals surface area (Å²) in [5, 5.41) is 17.2. The van der Waals surface area contributed by atoms with Crippen molar-refractivity contribution in [1.82, 2.24) is 34.7 Å². The Morgan fingerprint density at radius 1 is 1.08 bits per heavy atom. The lowest BCUT2D eigenvalue weighted by atomic mass is 10.1. The van der Waals surface area contributed by atoms with Gasteiger partial charge in [0, 0.05) is 19.3 Å². The first-order valence-electron chi connectivity index (χ1n) is 8.94. The van der Waals surface area contributed by atoms with Gasteiger partial charge in [-0.15, -0.1) is 10.2 Å². The molecule has 7 nitrogen and oxygen atoms in total. The van der Waals surface area contributed by atoms with Crippen molar-refractivity contribution in [3.05, 3.63) is 35.4 Å². The second kappa shape index (κ2) is 6.92. The number of aryl methyl sites for hydroxylation is 2. The molecule has 0 amide bonds. The molecule has 1 unspecified atom stereocenters. The Labute approximate surface area is 148 Å². The van der Waals surface area contributed by atoms with E-state index in [9.17, 15) is 0 Å². The molecule has 0 N–H and O–H groups in total. The molecular formula is C18H27N7. The number of nitrogens with zero attached hydrogens (tertiary/aromatic N) is 7. The summed E-state index contributed by atoms with van der Waals surface area (Å²) in [6.07, 6.45) is 4.20. The minimum Gasteiger partial charge on any atom is -0.337 e. The minimum atomic E-state index is 0.112. The highest BCUT2D eigenvalue weighted by Gasteiger charge is 2.27. The van der Waals surface area contributed by atoms with Crippen LogP contribution in [0.4, 0.5) is 0 Å². The van der Waals surface area contributed by atoms with Gasteiger partial charge in [0.2, 0.25) is 0 Å². The highest BCUT2D eigenvalue weighted by Crippen LogP contribution is 2.26. The van der Waals surface area contributed by atoms with Gasteiger partial charge in [-0.05, 0) is 39.4 Å². The number of hydrogen-bond donors (Lipinski definition) is 0. The van der Waals surface area contributed by atoms with Gasteiger partial charge in [-0.1, -0.05) is 19.1 Å². The zero-order valence-corrected chi connectivity index (χ0v) is 15.9. The Kier molecular flexibility index (Phi) is 4.85. The van der Waals surface area contributed by atoms with Crippen LogP contribution in [-0.2, 0) is 0 Å². The maximum absolute atomic E-state index is 4.40. The van der Waals surface area contributed by atoms with E-state index in [1.165, 1.54) is 0 Å². The van der Waals surface area contributed by atoms with E-state index in [0.29, 0.717) is 6.04 Å². The van der Waals surface area contributed by atoms with Crippen molar-refractivity contribution in [1.29, 1.82) is 0 Å². The van der Waals surface area contributed by atoms with Gasteiger partial charge in [-0.3, -0.25) is 0 Å². The second-order valence-corrected chi connectivity index (χ2v) is 6.61. The Hall–Kier alpha value is -2.28. The van der Waals surface area contributed by atoms with Crippen LogP contribution in [0.25, 0.3) is 11.0 Å². The highest BCUT2D eigenvalue weighted by atomic mass is 15.5. The lowest BCUT2D eigenvalue weighted by Crippen LogP contribution is -2.45.